The van der Waals surface area contributed by atoms with E-state index in [9.17, 15) is 9.59 Å². The van der Waals surface area contributed by atoms with Crippen LogP contribution in [-0.2, 0) is 16.0 Å². The van der Waals surface area contributed by atoms with Crippen molar-refractivity contribution in [2.45, 2.75) is 32.7 Å². The molecular weight excluding hydrogens is 282 g/mol. The number of furan rings is 1. The Morgan fingerprint density at radius 2 is 2.00 bits per heavy atom. The fourth-order valence-corrected chi connectivity index (χ4v) is 2.57. The zero-order valence-corrected chi connectivity index (χ0v) is 13.4. The van der Waals surface area contributed by atoms with Crippen molar-refractivity contribution in [1.29, 1.82) is 0 Å². The van der Waals surface area contributed by atoms with Gasteiger partial charge in [-0.3, -0.25) is 14.5 Å². The minimum Gasteiger partial charge on any atom is -0.469 e. The number of rotatable bonds is 6. The first kappa shape index (κ1) is 16.5. The number of carbonyl (C=O) groups is 2. The summed E-state index contributed by atoms with van der Waals surface area (Å²) in [4.78, 5) is 27.8. The number of hydrogen-bond acceptors (Lipinski definition) is 4. The van der Waals surface area contributed by atoms with E-state index in [-0.39, 0.29) is 17.9 Å². The number of nitrogens with one attached hydrogen (secondary N) is 1. The Labute approximate surface area is 131 Å². The standard InChI is InChI=1S/C16H25N3O3/c1-13(2)17-15(20)12-18-7-9-19(10-8-18)16(21)6-5-14-4-3-11-22-14/h3-4,11,13H,5-10,12H2,1-2H3,(H,17,20). The van der Waals surface area contributed by atoms with Gasteiger partial charge in [0.15, 0.2) is 0 Å². The lowest BCUT2D eigenvalue weighted by Crippen LogP contribution is -2.51. The van der Waals surface area contributed by atoms with Gasteiger partial charge in [0.25, 0.3) is 0 Å². The number of hydrogen-bond donors (Lipinski definition) is 1. The molecule has 0 aromatic carbocycles. The number of carbonyl (C=O) groups excluding carboxylic acids is 2. The van der Waals surface area contributed by atoms with Gasteiger partial charge in [0, 0.05) is 45.1 Å². The minimum absolute atomic E-state index is 0.0487. The Morgan fingerprint density at radius 3 is 2.59 bits per heavy atom. The summed E-state index contributed by atoms with van der Waals surface area (Å²) in [6.07, 6.45) is 2.74. The number of nitrogens with zero attached hydrogens (tertiary/aromatic N) is 2. The summed E-state index contributed by atoms with van der Waals surface area (Å²) in [7, 11) is 0. The predicted molar refractivity (Wildman–Crippen MR) is 83.3 cm³/mol. The van der Waals surface area contributed by atoms with Crippen molar-refractivity contribution in [2.24, 2.45) is 0 Å². The Kier molecular flexibility index (Phi) is 6.00. The van der Waals surface area contributed by atoms with Gasteiger partial charge in [0.05, 0.1) is 12.8 Å². The zero-order valence-electron chi connectivity index (χ0n) is 13.4. The van der Waals surface area contributed by atoms with Gasteiger partial charge in [0.2, 0.25) is 11.8 Å². The molecule has 0 unspecified atom stereocenters. The lowest BCUT2D eigenvalue weighted by atomic mass is 10.2. The summed E-state index contributed by atoms with van der Waals surface area (Å²) in [6.45, 7) is 7.18. The summed E-state index contributed by atoms with van der Waals surface area (Å²) >= 11 is 0. The lowest BCUT2D eigenvalue weighted by molar-refractivity contribution is -0.133. The maximum atomic E-state index is 12.2. The molecule has 22 heavy (non-hydrogen) atoms. The summed E-state index contributed by atoms with van der Waals surface area (Å²) in [5.41, 5.74) is 0. The first-order chi connectivity index (χ1) is 10.5. The summed E-state index contributed by atoms with van der Waals surface area (Å²) in [6, 6.07) is 3.89. The molecular formula is C16H25N3O3. The molecule has 1 aliphatic heterocycles. The normalized spacial score (nSPS) is 16.0. The molecule has 1 aliphatic rings. The highest BCUT2D eigenvalue weighted by Crippen LogP contribution is 2.08. The van der Waals surface area contributed by atoms with Crippen molar-refractivity contribution >= 4 is 11.8 Å². The van der Waals surface area contributed by atoms with Crippen molar-refractivity contribution in [1.82, 2.24) is 15.1 Å². The van der Waals surface area contributed by atoms with E-state index in [0.717, 1.165) is 18.8 Å². The van der Waals surface area contributed by atoms with Crippen LogP contribution in [-0.4, -0.2) is 60.4 Å². The van der Waals surface area contributed by atoms with E-state index in [1.165, 1.54) is 0 Å². The summed E-state index contributed by atoms with van der Waals surface area (Å²) in [5, 5.41) is 2.89. The molecule has 2 rings (SSSR count). The maximum absolute atomic E-state index is 12.2. The SMILES string of the molecule is CC(C)NC(=O)CN1CCN(C(=O)CCc2ccco2)CC1. The minimum atomic E-state index is 0.0487. The summed E-state index contributed by atoms with van der Waals surface area (Å²) in [5.74, 6) is 1.05. The van der Waals surface area contributed by atoms with Gasteiger partial charge in [0.1, 0.15) is 5.76 Å². The van der Waals surface area contributed by atoms with E-state index in [4.69, 9.17) is 4.42 Å². The predicted octanol–water partition coefficient (Wildman–Crippen LogP) is 0.881. The van der Waals surface area contributed by atoms with E-state index < -0.39 is 0 Å². The molecule has 1 aromatic heterocycles. The van der Waals surface area contributed by atoms with Gasteiger partial charge in [-0.05, 0) is 26.0 Å². The zero-order chi connectivity index (χ0) is 15.9. The Hall–Kier alpha value is -1.82. The third kappa shape index (κ3) is 5.18. The van der Waals surface area contributed by atoms with Crippen molar-refractivity contribution in [3.05, 3.63) is 24.2 Å². The molecule has 1 N–H and O–H groups in total. The van der Waals surface area contributed by atoms with Crippen LogP contribution < -0.4 is 5.32 Å². The fourth-order valence-electron chi connectivity index (χ4n) is 2.57. The van der Waals surface area contributed by atoms with E-state index >= 15 is 0 Å². The lowest BCUT2D eigenvalue weighted by Gasteiger charge is -2.34. The molecule has 0 aliphatic carbocycles. The van der Waals surface area contributed by atoms with Crippen LogP contribution in [0.5, 0.6) is 0 Å². The van der Waals surface area contributed by atoms with Crippen LogP contribution in [0.3, 0.4) is 0 Å². The molecule has 1 fully saturated rings. The Bertz CT molecular complexity index is 477. The first-order valence-electron chi connectivity index (χ1n) is 7.86. The maximum Gasteiger partial charge on any atom is 0.234 e. The van der Waals surface area contributed by atoms with E-state index in [1.807, 2.05) is 30.9 Å². The number of piperazine rings is 1. The molecule has 0 atom stereocenters. The van der Waals surface area contributed by atoms with Crippen molar-refractivity contribution < 1.29 is 14.0 Å². The smallest absolute Gasteiger partial charge is 0.234 e. The highest BCUT2D eigenvalue weighted by Gasteiger charge is 2.22. The van der Waals surface area contributed by atoms with Crippen molar-refractivity contribution in [3.63, 3.8) is 0 Å². The molecule has 2 amide bonds. The largest absolute Gasteiger partial charge is 0.469 e. The first-order valence-corrected chi connectivity index (χ1v) is 7.86. The molecule has 6 nitrogen and oxygen atoms in total. The molecule has 6 heteroatoms. The van der Waals surface area contributed by atoms with Crippen LogP contribution in [0.2, 0.25) is 0 Å². The van der Waals surface area contributed by atoms with Gasteiger partial charge >= 0.3 is 0 Å². The molecule has 0 bridgehead atoms. The second-order valence-electron chi connectivity index (χ2n) is 5.96. The van der Waals surface area contributed by atoms with E-state index in [0.29, 0.717) is 32.5 Å². The van der Waals surface area contributed by atoms with Crippen LogP contribution in [0, 0.1) is 0 Å². The third-order valence-corrected chi connectivity index (χ3v) is 3.71. The van der Waals surface area contributed by atoms with Crippen LogP contribution in [0.1, 0.15) is 26.0 Å². The van der Waals surface area contributed by atoms with Crippen molar-refractivity contribution in [2.75, 3.05) is 32.7 Å². The monoisotopic (exact) mass is 307 g/mol. The van der Waals surface area contributed by atoms with E-state index in [2.05, 4.69) is 10.2 Å². The highest BCUT2D eigenvalue weighted by atomic mass is 16.3. The van der Waals surface area contributed by atoms with Crippen LogP contribution in [0.25, 0.3) is 0 Å². The molecule has 1 aromatic rings. The molecule has 2 heterocycles. The average molecular weight is 307 g/mol. The van der Waals surface area contributed by atoms with Gasteiger partial charge in [-0.1, -0.05) is 0 Å². The van der Waals surface area contributed by atoms with Gasteiger partial charge in [-0.25, -0.2) is 0 Å². The Balaban J connectivity index is 1.67. The molecule has 122 valence electrons. The highest BCUT2D eigenvalue weighted by molar-refractivity contribution is 5.78. The van der Waals surface area contributed by atoms with Gasteiger partial charge < -0.3 is 14.6 Å². The molecule has 0 spiro atoms. The van der Waals surface area contributed by atoms with Gasteiger partial charge in [-0.15, -0.1) is 0 Å². The van der Waals surface area contributed by atoms with Crippen LogP contribution >= 0.6 is 0 Å². The Morgan fingerprint density at radius 1 is 1.27 bits per heavy atom. The number of aryl methyl sites for hydroxylation is 1. The molecule has 1 saturated heterocycles. The molecule has 0 radical (unpaired) electrons. The third-order valence-electron chi connectivity index (χ3n) is 3.71. The summed E-state index contributed by atoms with van der Waals surface area (Å²) < 4.78 is 5.24. The molecule has 0 saturated carbocycles. The second kappa shape index (κ2) is 7.98. The average Bonchev–Trinajstić information content (AvgIpc) is 2.98. The van der Waals surface area contributed by atoms with E-state index in [1.54, 1.807) is 6.26 Å². The van der Waals surface area contributed by atoms with Crippen molar-refractivity contribution in [3.8, 4) is 0 Å². The quantitative estimate of drug-likeness (QED) is 0.847. The second-order valence-corrected chi connectivity index (χ2v) is 5.96. The van der Waals surface area contributed by atoms with Gasteiger partial charge in [-0.2, -0.15) is 0 Å². The fraction of sp³-hybridized carbons (Fsp3) is 0.625. The topological polar surface area (TPSA) is 65.8 Å². The number of amides is 2. The van der Waals surface area contributed by atoms with Crippen LogP contribution in [0.4, 0.5) is 0 Å². The van der Waals surface area contributed by atoms with Crippen LogP contribution in [0.15, 0.2) is 22.8 Å².